The van der Waals surface area contributed by atoms with Crippen LogP contribution in [0.3, 0.4) is 0 Å². The zero-order valence-electron chi connectivity index (χ0n) is 22.9. The van der Waals surface area contributed by atoms with Crippen LogP contribution >= 0.6 is 0 Å². The molecule has 0 bridgehead atoms. The summed E-state index contributed by atoms with van der Waals surface area (Å²) in [6.45, 7) is 6.47. The van der Waals surface area contributed by atoms with Gasteiger partial charge in [0.1, 0.15) is 11.8 Å². The standard InChI is InChI=1S/C33H40N2O3/c1-24(2)29-18-9-10-19-31(29)38-23-32(36)35(22-27-15-11-12-25(3)20-27)30(21-26-13-5-4-6-14-26)33(37)34-28-16-7-8-17-28/h4-6,9-15,18-20,24,28,30H,7-8,16-17,21-23H2,1-3H3,(H,34,37)/t30-/m0/s1. The quantitative estimate of drug-likeness (QED) is 0.333. The number of nitrogens with zero attached hydrogens (tertiary/aromatic N) is 1. The third-order valence-corrected chi connectivity index (χ3v) is 7.30. The molecule has 1 saturated carbocycles. The van der Waals surface area contributed by atoms with E-state index in [1.165, 1.54) is 0 Å². The maximum absolute atomic E-state index is 13.9. The van der Waals surface area contributed by atoms with Gasteiger partial charge in [-0.2, -0.15) is 0 Å². The van der Waals surface area contributed by atoms with Gasteiger partial charge >= 0.3 is 0 Å². The lowest BCUT2D eigenvalue weighted by Crippen LogP contribution is -2.53. The van der Waals surface area contributed by atoms with Crippen LogP contribution in [0.1, 0.15) is 67.7 Å². The van der Waals surface area contributed by atoms with Gasteiger partial charge in [-0.15, -0.1) is 0 Å². The van der Waals surface area contributed by atoms with E-state index in [4.69, 9.17) is 4.74 Å². The molecule has 3 aromatic rings. The number of hydrogen-bond donors (Lipinski definition) is 1. The van der Waals surface area contributed by atoms with E-state index >= 15 is 0 Å². The molecule has 5 heteroatoms. The van der Waals surface area contributed by atoms with Gasteiger partial charge < -0.3 is 15.0 Å². The maximum atomic E-state index is 13.9. The predicted octanol–water partition coefficient (Wildman–Crippen LogP) is 6.20. The van der Waals surface area contributed by atoms with Gasteiger partial charge in [-0.25, -0.2) is 0 Å². The molecule has 1 N–H and O–H groups in total. The first-order chi connectivity index (χ1) is 18.4. The van der Waals surface area contributed by atoms with Gasteiger partial charge in [0, 0.05) is 19.0 Å². The van der Waals surface area contributed by atoms with Crippen LogP contribution in [0.2, 0.25) is 0 Å². The summed E-state index contributed by atoms with van der Waals surface area (Å²) in [5, 5.41) is 3.26. The molecule has 0 spiro atoms. The second-order valence-electron chi connectivity index (χ2n) is 10.7. The number of aryl methyl sites for hydroxylation is 1. The van der Waals surface area contributed by atoms with Crippen molar-refractivity contribution >= 4 is 11.8 Å². The number of para-hydroxylation sites is 1. The lowest BCUT2D eigenvalue weighted by Gasteiger charge is -2.32. The molecule has 38 heavy (non-hydrogen) atoms. The first-order valence-electron chi connectivity index (χ1n) is 13.8. The van der Waals surface area contributed by atoms with Crippen LogP contribution in [0.25, 0.3) is 0 Å². The Bertz CT molecular complexity index is 1200. The molecule has 0 aromatic heterocycles. The molecule has 1 aliphatic carbocycles. The SMILES string of the molecule is Cc1cccc(CN(C(=O)COc2ccccc2C(C)C)[C@@H](Cc2ccccc2)C(=O)NC2CCCC2)c1. The largest absolute Gasteiger partial charge is 0.483 e. The van der Waals surface area contributed by atoms with E-state index < -0.39 is 6.04 Å². The highest BCUT2D eigenvalue weighted by Gasteiger charge is 2.32. The molecule has 0 unspecified atom stereocenters. The van der Waals surface area contributed by atoms with Crippen molar-refractivity contribution in [3.05, 3.63) is 101 Å². The van der Waals surface area contributed by atoms with E-state index in [2.05, 4.69) is 25.2 Å². The zero-order valence-corrected chi connectivity index (χ0v) is 22.9. The highest BCUT2D eigenvalue weighted by molar-refractivity contribution is 5.88. The van der Waals surface area contributed by atoms with E-state index in [9.17, 15) is 9.59 Å². The number of nitrogens with one attached hydrogen (secondary N) is 1. The Balaban J connectivity index is 1.63. The molecule has 5 nitrogen and oxygen atoms in total. The lowest BCUT2D eigenvalue weighted by molar-refractivity contribution is -0.143. The van der Waals surface area contributed by atoms with Crippen molar-refractivity contribution in [2.45, 2.75) is 77.4 Å². The normalized spacial score (nSPS) is 14.3. The fourth-order valence-electron chi connectivity index (χ4n) is 5.24. The second-order valence-corrected chi connectivity index (χ2v) is 10.7. The number of rotatable bonds is 11. The Hall–Kier alpha value is -3.60. The van der Waals surface area contributed by atoms with Gasteiger partial charge in [0.15, 0.2) is 6.61 Å². The van der Waals surface area contributed by atoms with Crippen molar-refractivity contribution in [2.24, 2.45) is 0 Å². The molecule has 200 valence electrons. The molecular weight excluding hydrogens is 472 g/mol. The fraction of sp³-hybridized carbons (Fsp3) is 0.394. The van der Waals surface area contributed by atoms with Crippen LogP contribution in [0, 0.1) is 6.92 Å². The molecule has 3 aromatic carbocycles. The molecule has 2 amide bonds. The van der Waals surface area contributed by atoms with Crippen LogP contribution in [-0.2, 0) is 22.6 Å². The molecule has 1 atom stereocenters. The van der Waals surface area contributed by atoms with E-state index in [0.29, 0.717) is 18.7 Å². The summed E-state index contributed by atoms with van der Waals surface area (Å²) in [6.07, 6.45) is 4.68. The Labute approximate surface area is 227 Å². The highest BCUT2D eigenvalue weighted by atomic mass is 16.5. The number of carbonyl (C=O) groups excluding carboxylic acids is 2. The van der Waals surface area contributed by atoms with E-state index in [1.807, 2.05) is 79.7 Å². The van der Waals surface area contributed by atoms with Crippen molar-refractivity contribution in [2.75, 3.05) is 6.61 Å². The van der Waals surface area contributed by atoms with Gasteiger partial charge in [0.05, 0.1) is 0 Å². The first kappa shape index (κ1) is 27.4. The second kappa shape index (κ2) is 13.3. The third-order valence-electron chi connectivity index (χ3n) is 7.30. The highest BCUT2D eigenvalue weighted by Crippen LogP contribution is 2.26. The lowest BCUT2D eigenvalue weighted by atomic mass is 10.0. The predicted molar refractivity (Wildman–Crippen MR) is 152 cm³/mol. The molecule has 1 aliphatic rings. The van der Waals surface area contributed by atoms with Crippen molar-refractivity contribution < 1.29 is 14.3 Å². The summed E-state index contributed by atoms with van der Waals surface area (Å²) in [4.78, 5) is 29.4. The van der Waals surface area contributed by atoms with Crippen LogP contribution in [0.5, 0.6) is 5.75 Å². The third kappa shape index (κ3) is 7.47. The Morgan fingerprint density at radius 3 is 2.32 bits per heavy atom. The minimum atomic E-state index is -0.644. The van der Waals surface area contributed by atoms with Gasteiger partial charge in [-0.05, 0) is 48.4 Å². The smallest absolute Gasteiger partial charge is 0.261 e. The number of hydrogen-bond acceptors (Lipinski definition) is 3. The summed E-state index contributed by atoms with van der Waals surface area (Å²) in [5.74, 6) is 0.686. The summed E-state index contributed by atoms with van der Waals surface area (Å²) < 4.78 is 6.09. The number of benzene rings is 3. The molecule has 0 saturated heterocycles. The first-order valence-corrected chi connectivity index (χ1v) is 13.8. The Kier molecular flexibility index (Phi) is 9.58. The average Bonchev–Trinajstić information content (AvgIpc) is 3.43. The molecular formula is C33H40N2O3. The molecule has 4 rings (SSSR count). The molecule has 0 heterocycles. The summed E-state index contributed by atoms with van der Waals surface area (Å²) >= 11 is 0. The van der Waals surface area contributed by atoms with E-state index in [1.54, 1.807) is 4.90 Å². The molecule has 0 radical (unpaired) electrons. The van der Waals surface area contributed by atoms with Gasteiger partial charge in [0.25, 0.3) is 5.91 Å². The Morgan fingerprint density at radius 2 is 1.61 bits per heavy atom. The Morgan fingerprint density at radius 1 is 0.921 bits per heavy atom. The average molecular weight is 513 g/mol. The van der Waals surface area contributed by atoms with Crippen LogP contribution in [0.15, 0.2) is 78.9 Å². The number of carbonyl (C=O) groups is 2. The number of amides is 2. The van der Waals surface area contributed by atoms with Gasteiger partial charge in [-0.1, -0.05) is 105 Å². The van der Waals surface area contributed by atoms with E-state index in [-0.39, 0.29) is 30.4 Å². The van der Waals surface area contributed by atoms with Crippen molar-refractivity contribution in [3.8, 4) is 5.75 Å². The fourth-order valence-corrected chi connectivity index (χ4v) is 5.24. The number of ether oxygens (including phenoxy) is 1. The summed E-state index contributed by atoms with van der Waals surface area (Å²) in [5.41, 5.74) is 4.19. The summed E-state index contributed by atoms with van der Waals surface area (Å²) in [6, 6.07) is 25.4. The topological polar surface area (TPSA) is 58.6 Å². The maximum Gasteiger partial charge on any atom is 0.261 e. The van der Waals surface area contributed by atoms with Crippen molar-refractivity contribution in [1.29, 1.82) is 0 Å². The minimum absolute atomic E-state index is 0.0932. The molecule has 1 fully saturated rings. The van der Waals surface area contributed by atoms with Gasteiger partial charge in [0.2, 0.25) is 5.91 Å². The van der Waals surface area contributed by atoms with Crippen LogP contribution in [0.4, 0.5) is 0 Å². The van der Waals surface area contributed by atoms with Gasteiger partial charge in [-0.3, -0.25) is 9.59 Å². The van der Waals surface area contributed by atoms with Crippen LogP contribution in [-0.4, -0.2) is 35.4 Å². The van der Waals surface area contributed by atoms with E-state index in [0.717, 1.165) is 47.9 Å². The van der Waals surface area contributed by atoms with Crippen molar-refractivity contribution in [1.82, 2.24) is 10.2 Å². The molecule has 0 aliphatic heterocycles. The zero-order chi connectivity index (χ0) is 26.9. The monoisotopic (exact) mass is 512 g/mol. The van der Waals surface area contributed by atoms with Crippen LogP contribution < -0.4 is 10.1 Å². The van der Waals surface area contributed by atoms with Crippen molar-refractivity contribution in [3.63, 3.8) is 0 Å². The summed E-state index contributed by atoms with van der Waals surface area (Å²) in [7, 11) is 0. The minimum Gasteiger partial charge on any atom is -0.483 e.